The van der Waals surface area contributed by atoms with E-state index in [1.807, 2.05) is 0 Å². The zero-order chi connectivity index (χ0) is 8.39. The van der Waals surface area contributed by atoms with Crippen molar-refractivity contribution in [3.63, 3.8) is 0 Å². The Balaban J connectivity index is 1.94. The lowest BCUT2D eigenvalue weighted by atomic mass is 9.79. The molecule has 68 valence electrons. The fourth-order valence-electron chi connectivity index (χ4n) is 2.96. The van der Waals surface area contributed by atoms with E-state index in [1.54, 1.807) is 0 Å². The molecule has 12 heavy (non-hydrogen) atoms. The summed E-state index contributed by atoms with van der Waals surface area (Å²) in [6.45, 7) is 2.30. The van der Waals surface area contributed by atoms with Gasteiger partial charge in [-0.2, -0.15) is 0 Å². The highest BCUT2D eigenvalue weighted by molar-refractivity contribution is 5.03. The quantitative estimate of drug-likeness (QED) is 0.545. The molecule has 1 saturated carbocycles. The van der Waals surface area contributed by atoms with Crippen molar-refractivity contribution in [3.8, 4) is 0 Å². The number of allylic oxidation sites excluding steroid dienone is 2. The highest BCUT2D eigenvalue weighted by atomic mass is 14.3. The van der Waals surface area contributed by atoms with Gasteiger partial charge in [0.15, 0.2) is 0 Å². The molecule has 0 aliphatic heterocycles. The van der Waals surface area contributed by atoms with E-state index < -0.39 is 0 Å². The van der Waals surface area contributed by atoms with E-state index in [0.717, 1.165) is 17.8 Å². The van der Waals surface area contributed by atoms with Gasteiger partial charge in [-0.05, 0) is 43.4 Å². The molecule has 2 aliphatic rings. The minimum Gasteiger partial charge on any atom is -0.0851 e. The summed E-state index contributed by atoms with van der Waals surface area (Å²) in [7, 11) is 0. The van der Waals surface area contributed by atoms with Gasteiger partial charge in [0, 0.05) is 0 Å². The van der Waals surface area contributed by atoms with Crippen molar-refractivity contribution in [1.29, 1.82) is 0 Å². The molecule has 0 aromatic rings. The van der Waals surface area contributed by atoms with Crippen molar-refractivity contribution in [1.82, 2.24) is 0 Å². The molecule has 2 aliphatic carbocycles. The van der Waals surface area contributed by atoms with E-state index >= 15 is 0 Å². The second-order valence-electron chi connectivity index (χ2n) is 4.52. The molecule has 3 unspecified atom stereocenters. The fourth-order valence-corrected chi connectivity index (χ4v) is 2.96. The minimum absolute atomic E-state index is 0.925. The van der Waals surface area contributed by atoms with E-state index in [2.05, 4.69) is 19.1 Å². The predicted molar refractivity (Wildman–Crippen MR) is 53.0 cm³/mol. The molecule has 0 aromatic carbocycles. The average molecular weight is 164 g/mol. The Labute approximate surface area is 76.1 Å². The maximum atomic E-state index is 2.52. The lowest BCUT2D eigenvalue weighted by molar-refractivity contribution is 0.337. The van der Waals surface area contributed by atoms with Crippen molar-refractivity contribution >= 4 is 0 Å². The summed E-state index contributed by atoms with van der Waals surface area (Å²) in [6, 6.07) is 0. The van der Waals surface area contributed by atoms with Crippen LogP contribution in [0, 0.1) is 17.8 Å². The van der Waals surface area contributed by atoms with Gasteiger partial charge in [0.25, 0.3) is 0 Å². The summed E-state index contributed by atoms with van der Waals surface area (Å²) in [5, 5.41) is 0. The van der Waals surface area contributed by atoms with Crippen LogP contribution in [0.5, 0.6) is 0 Å². The summed E-state index contributed by atoms with van der Waals surface area (Å²) < 4.78 is 0. The molecular weight excluding hydrogens is 144 g/mol. The van der Waals surface area contributed by atoms with Gasteiger partial charge in [-0.1, -0.05) is 31.9 Å². The summed E-state index contributed by atoms with van der Waals surface area (Å²) in [6.07, 6.45) is 13.7. The van der Waals surface area contributed by atoms with Gasteiger partial charge >= 0.3 is 0 Å². The number of hydrogen-bond acceptors (Lipinski definition) is 0. The molecule has 0 aromatic heterocycles. The van der Waals surface area contributed by atoms with Crippen molar-refractivity contribution < 1.29 is 0 Å². The van der Waals surface area contributed by atoms with Crippen LogP contribution in [0.15, 0.2) is 12.2 Å². The molecule has 0 saturated heterocycles. The number of hydrogen-bond donors (Lipinski definition) is 0. The average Bonchev–Trinajstić information content (AvgIpc) is 2.51. The Hall–Kier alpha value is -0.260. The van der Waals surface area contributed by atoms with Crippen LogP contribution >= 0.6 is 0 Å². The molecule has 0 heteroatoms. The Morgan fingerprint density at radius 2 is 2.17 bits per heavy atom. The topological polar surface area (TPSA) is 0 Å². The zero-order valence-electron chi connectivity index (χ0n) is 8.13. The SMILES string of the molecule is CCCC1C=CC2CCCC2C1. The Bertz CT molecular complexity index is 169. The van der Waals surface area contributed by atoms with Crippen LogP contribution < -0.4 is 0 Å². The first-order valence-corrected chi connectivity index (χ1v) is 5.58. The zero-order valence-corrected chi connectivity index (χ0v) is 8.13. The van der Waals surface area contributed by atoms with Crippen LogP contribution in [0.2, 0.25) is 0 Å². The highest BCUT2D eigenvalue weighted by Crippen LogP contribution is 2.41. The highest BCUT2D eigenvalue weighted by Gasteiger charge is 2.29. The Morgan fingerprint density at radius 3 is 3.00 bits per heavy atom. The van der Waals surface area contributed by atoms with Gasteiger partial charge in [0.1, 0.15) is 0 Å². The van der Waals surface area contributed by atoms with Gasteiger partial charge < -0.3 is 0 Å². The van der Waals surface area contributed by atoms with Crippen molar-refractivity contribution in [2.75, 3.05) is 0 Å². The summed E-state index contributed by atoms with van der Waals surface area (Å²) in [5.74, 6) is 2.96. The van der Waals surface area contributed by atoms with E-state index in [9.17, 15) is 0 Å². The fraction of sp³-hybridized carbons (Fsp3) is 0.833. The third kappa shape index (κ3) is 1.57. The van der Waals surface area contributed by atoms with Gasteiger partial charge in [-0.25, -0.2) is 0 Å². The summed E-state index contributed by atoms with van der Waals surface area (Å²) in [4.78, 5) is 0. The number of fused-ring (bicyclic) bond motifs is 1. The first kappa shape index (κ1) is 8.34. The van der Waals surface area contributed by atoms with Gasteiger partial charge in [0.2, 0.25) is 0 Å². The predicted octanol–water partition coefficient (Wildman–Crippen LogP) is 3.78. The molecule has 0 heterocycles. The van der Waals surface area contributed by atoms with E-state index in [4.69, 9.17) is 0 Å². The van der Waals surface area contributed by atoms with Crippen molar-refractivity contribution in [2.24, 2.45) is 17.8 Å². The van der Waals surface area contributed by atoms with E-state index in [1.165, 1.54) is 38.5 Å². The second-order valence-corrected chi connectivity index (χ2v) is 4.52. The molecule has 0 amide bonds. The first-order chi connectivity index (χ1) is 5.90. The monoisotopic (exact) mass is 164 g/mol. The van der Waals surface area contributed by atoms with Crippen LogP contribution in [0.3, 0.4) is 0 Å². The molecule has 0 N–H and O–H groups in total. The van der Waals surface area contributed by atoms with Gasteiger partial charge in [-0.3, -0.25) is 0 Å². The van der Waals surface area contributed by atoms with Crippen LogP contribution in [-0.2, 0) is 0 Å². The van der Waals surface area contributed by atoms with Crippen molar-refractivity contribution in [3.05, 3.63) is 12.2 Å². The Morgan fingerprint density at radius 1 is 1.25 bits per heavy atom. The van der Waals surface area contributed by atoms with E-state index in [-0.39, 0.29) is 0 Å². The molecule has 0 radical (unpaired) electrons. The summed E-state index contributed by atoms with van der Waals surface area (Å²) >= 11 is 0. The van der Waals surface area contributed by atoms with Crippen LogP contribution in [-0.4, -0.2) is 0 Å². The second kappa shape index (κ2) is 3.64. The third-order valence-corrected chi connectivity index (χ3v) is 3.61. The van der Waals surface area contributed by atoms with E-state index in [0.29, 0.717) is 0 Å². The maximum Gasteiger partial charge on any atom is -0.0205 e. The molecule has 0 bridgehead atoms. The summed E-state index contributed by atoms with van der Waals surface area (Å²) in [5.41, 5.74) is 0. The molecule has 0 spiro atoms. The largest absolute Gasteiger partial charge is 0.0851 e. The van der Waals surface area contributed by atoms with Crippen LogP contribution in [0.4, 0.5) is 0 Å². The smallest absolute Gasteiger partial charge is 0.0205 e. The van der Waals surface area contributed by atoms with Crippen molar-refractivity contribution in [2.45, 2.75) is 45.4 Å². The van der Waals surface area contributed by atoms with Gasteiger partial charge in [-0.15, -0.1) is 0 Å². The Kier molecular flexibility index (Phi) is 2.53. The first-order valence-electron chi connectivity index (χ1n) is 5.58. The van der Waals surface area contributed by atoms with Crippen LogP contribution in [0.1, 0.15) is 45.4 Å². The molecule has 0 nitrogen and oxygen atoms in total. The standard InChI is InChI=1S/C12H20/c1-2-4-10-7-8-11-5-3-6-12(11)9-10/h7-8,10-12H,2-6,9H2,1H3. The van der Waals surface area contributed by atoms with Crippen LogP contribution in [0.25, 0.3) is 0 Å². The maximum absolute atomic E-state index is 2.52. The minimum atomic E-state index is 0.925. The molecular formula is C12H20. The molecule has 1 fully saturated rings. The lowest BCUT2D eigenvalue weighted by Gasteiger charge is -2.26. The third-order valence-electron chi connectivity index (χ3n) is 3.61. The van der Waals surface area contributed by atoms with Gasteiger partial charge in [0.05, 0.1) is 0 Å². The normalized spacial score (nSPS) is 39.9. The molecule has 2 rings (SSSR count). The lowest BCUT2D eigenvalue weighted by Crippen LogP contribution is -2.15. The number of rotatable bonds is 2. The molecule has 3 atom stereocenters.